The molecule has 0 aromatic rings. The predicted molar refractivity (Wildman–Crippen MR) is 80.1 cm³/mol. The van der Waals surface area contributed by atoms with E-state index < -0.39 is 11.9 Å². The Morgan fingerprint density at radius 3 is 2.00 bits per heavy atom. The Labute approximate surface area is 125 Å². The van der Waals surface area contributed by atoms with Gasteiger partial charge in [-0.05, 0) is 34.0 Å². The normalized spacial score (nSPS) is 9.00. The second-order valence-electron chi connectivity index (χ2n) is 3.62. The molecule has 0 aromatic carbocycles. The van der Waals surface area contributed by atoms with Crippen LogP contribution in [0.5, 0.6) is 0 Å². The highest BCUT2D eigenvalue weighted by Crippen LogP contribution is 1.82. The van der Waals surface area contributed by atoms with E-state index in [2.05, 4.69) is 35.0 Å². The van der Waals surface area contributed by atoms with Crippen molar-refractivity contribution in [3.05, 3.63) is 12.2 Å². The molecule has 7 nitrogen and oxygen atoms in total. The van der Waals surface area contributed by atoms with E-state index in [1.54, 1.807) is 0 Å². The monoisotopic (exact) mass is 307 g/mol. The zero-order valence-corrected chi connectivity index (χ0v) is 12.8. The highest BCUT2D eigenvalue weighted by molar-refractivity contribution is 5.89. The van der Waals surface area contributed by atoms with Gasteiger partial charge >= 0.3 is 11.9 Å². The number of halogens is 1. The number of hydrogen-bond donors (Lipinski definition) is 2. The van der Waals surface area contributed by atoms with Crippen LogP contribution in [-0.2, 0) is 9.59 Å². The third kappa shape index (κ3) is 29.9. The van der Waals surface area contributed by atoms with Crippen LogP contribution in [-0.4, -0.2) is 66.8 Å². The number of nitrogens with zero attached hydrogens (tertiary/aromatic N) is 3. The molecule has 0 bridgehead atoms. The third-order valence-electron chi connectivity index (χ3n) is 1.54. The maximum Gasteiger partial charge on any atom is 0.328 e. The Bertz CT molecular complexity index is 335. The van der Waals surface area contributed by atoms with Gasteiger partial charge in [0.05, 0.1) is 12.6 Å². The minimum Gasteiger partial charge on any atom is -0.478 e. The minimum atomic E-state index is -1.26. The molecule has 0 aliphatic heterocycles. The van der Waals surface area contributed by atoms with Crippen molar-refractivity contribution in [2.45, 2.75) is 13.3 Å². The van der Waals surface area contributed by atoms with Crippen molar-refractivity contribution in [3.8, 4) is 0 Å². The summed E-state index contributed by atoms with van der Waals surface area (Å²) in [6, 6.07) is 2.64. The quantitative estimate of drug-likeness (QED) is 0.419. The lowest BCUT2D eigenvalue weighted by atomic mass is 10.4. The summed E-state index contributed by atoms with van der Waals surface area (Å²) in [6.07, 6.45) is 2.20. The first-order valence-electron chi connectivity index (χ1n) is 5.76. The number of carboxylic acids is 2. The van der Waals surface area contributed by atoms with E-state index in [1.165, 1.54) is 0 Å². The van der Waals surface area contributed by atoms with Gasteiger partial charge in [0.1, 0.15) is 0 Å². The van der Waals surface area contributed by atoms with Crippen molar-refractivity contribution in [1.29, 1.82) is 0 Å². The summed E-state index contributed by atoms with van der Waals surface area (Å²) in [5.74, 6) is -2.51. The molecular formula is C12H22ClN3O4. The van der Waals surface area contributed by atoms with Crippen molar-refractivity contribution < 1.29 is 19.8 Å². The molecule has 20 heavy (non-hydrogen) atoms. The lowest BCUT2D eigenvalue weighted by Crippen LogP contribution is -2.13. The van der Waals surface area contributed by atoms with Gasteiger partial charge in [-0.15, -0.1) is 12.4 Å². The summed E-state index contributed by atoms with van der Waals surface area (Å²) in [6.45, 7) is 4.67. The molecule has 116 valence electrons. The highest BCUT2D eigenvalue weighted by atomic mass is 35.5. The van der Waals surface area contributed by atoms with Crippen LogP contribution in [0.25, 0.3) is 0 Å². The molecule has 0 aliphatic carbocycles. The molecule has 0 amide bonds. The molecule has 0 aliphatic rings. The molecule has 2 N–H and O–H groups in total. The lowest BCUT2D eigenvalue weighted by molar-refractivity contribution is -0.134. The first-order valence-corrected chi connectivity index (χ1v) is 5.76. The van der Waals surface area contributed by atoms with Gasteiger partial charge in [-0.2, -0.15) is 0 Å². The molecule has 0 rings (SSSR count). The molecule has 0 radical (unpaired) electrons. The Balaban J connectivity index is -0.000000288. The van der Waals surface area contributed by atoms with Gasteiger partial charge in [0.2, 0.25) is 0 Å². The van der Waals surface area contributed by atoms with Crippen molar-refractivity contribution in [3.63, 3.8) is 0 Å². The minimum absolute atomic E-state index is 0. The molecule has 0 saturated heterocycles. The fraction of sp³-hybridized carbons (Fsp3) is 0.583. The summed E-state index contributed by atoms with van der Waals surface area (Å²) in [4.78, 5) is 29.1. The van der Waals surface area contributed by atoms with Gasteiger partial charge in [-0.3, -0.25) is 0 Å². The number of aliphatic imine (C=N–C) groups is 2. The highest BCUT2D eigenvalue weighted by Gasteiger charge is 1.88. The van der Waals surface area contributed by atoms with Crippen LogP contribution in [0.15, 0.2) is 22.1 Å². The molecule has 0 unspecified atom stereocenters. The van der Waals surface area contributed by atoms with Gasteiger partial charge in [0.25, 0.3) is 0 Å². The van der Waals surface area contributed by atoms with Crippen molar-refractivity contribution in [2.75, 3.05) is 33.7 Å². The van der Waals surface area contributed by atoms with Crippen LogP contribution < -0.4 is 0 Å². The van der Waals surface area contributed by atoms with E-state index in [0.717, 1.165) is 26.1 Å². The smallest absolute Gasteiger partial charge is 0.328 e. The van der Waals surface area contributed by atoms with Crippen molar-refractivity contribution in [2.24, 2.45) is 9.98 Å². The second-order valence-corrected chi connectivity index (χ2v) is 3.62. The van der Waals surface area contributed by atoms with Gasteiger partial charge in [-0.1, -0.05) is 0 Å². The fourth-order valence-electron chi connectivity index (χ4n) is 0.779. The molecule has 0 aromatic heterocycles. The maximum absolute atomic E-state index is 9.55. The van der Waals surface area contributed by atoms with E-state index in [9.17, 15) is 9.59 Å². The summed E-state index contributed by atoms with van der Waals surface area (Å²) >= 11 is 0. The summed E-state index contributed by atoms with van der Waals surface area (Å²) in [5, 5.41) is 15.6. The molecule has 0 fully saturated rings. The first kappa shape index (κ1) is 23.4. The fourth-order valence-corrected chi connectivity index (χ4v) is 0.779. The predicted octanol–water partition coefficient (Wildman–Crippen LogP) is 1.27. The Morgan fingerprint density at radius 1 is 1.15 bits per heavy atom. The van der Waals surface area contributed by atoms with Gasteiger partial charge in [0, 0.05) is 18.7 Å². The average Bonchev–Trinajstić information content (AvgIpc) is 2.31. The van der Waals surface area contributed by atoms with Crippen molar-refractivity contribution in [1.82, 2.24) is 4.90 Å². The summed E-state index contributed by atoms with van der Waals surface area (Å²) in [7, 11) is 4.12. The Morgan fingerprint density at radius 2 is 1.65 bits per heavy atom. The molecule has 0 atom stereocenters. The Kier molecular flexibility index (Phi) is 20.3. The maximum atomic E-state index is 9.55. The van der Waals surface area contributed by atoms with Crippen LogP contribution in [0.2, 0.25) is 0 Å². The van der Waals surface area contributed by atoms with Gasteiger partial charge < -0.3 is 15.1 Å². The number of carbonyl (C=O) groups is 2. The van der Waals surface area contributed by atoms with E-state index >= 15 is 0 Å². The van der Waals surface area contributed by atoms with Gasteiger partial charge in [-0.25, -0.2) is 19.6 Å². The summed E-state index contributed by atoms with van der Waals surface area (Å²) < 4.78 is 0. The molecule has 8 heteroatoms. The van der Waals surface area contributed by atoms with Crippen LogP contribution >= 0.6 is 12.4 Å². The SMILES string of the molecule is CCN=C=NCCCN(C)C.Cl.O=C(O)C=CC(=O)O. The molecule has 0 spiro atoms. The number of aliphatic carboxylic acids is 2. The first-order chi connectivity index (χ1) is 8.90. The van der Waals surface area contributed by atoms with Crippen LogP contribution in [0.1, 0.15) is 13.3 Å². The third-order valence-corrected chi connectivity index (χ3v) is 1.54. The van der Waals surface area contributed by atoms with E-state index in [-0.39, 0.29) is 12.4 Å². The Hall–Kier alpha value is -1.69. The lowest BCUT2D eigenvalue weighted by Gasteiger charge is -2.05. The van der Waals surface area contributed by atoms with Crippen molar-refractivity contribution >= 4 is 30.4 Å². The average molecular weight is 308 g/mol. The number of hydrogen-bond acceptors (Lipinski definition) is 5. The van der Waals surface area contributed by atoms with Crippen LogP contribution in [0.3, 0.4) is 0 Å². The van der Waals surface area contributed by atoms with Gasteiger partial charge in [0.15, 0.2) is 0 Å². The standard InChI is InChI=1S/C8H17N3.C4H4O4.ClH/c1-4-9-8-10-6-5-7-11(2)3;5-3(6)1-2-4(7)8;/h4-7H2,1-3H3;1-2H,(H,5,6)(H,7,8);1H. The van der Waals surface area contributed by atoms with E-state index in [1.807, 2.05) is 6.92 Å². The molecular weight excluding hydrogens is 286 g/mol. The van der Waals surface area contributed by atoms with Crippen LogP contribution in [0, 0.1) is 0 Å². The molecule has 0 heterocycles. The molecule has 0 saturated carbocycles. The van der Waals surface area contributed by atoms with Crippen LogP contribution in [0.4, 0.5) is 0 Å². The topological polar surface area (TPSA) is 103 Å². The second kappa shape index (κ2) is 17.3. The van der Waals surface area contributed by atoms with E-state index in [0.29, 0.717) is 12.2 Å². The summed E-state index contributed by atoms with van der Waals surface area (Å²) in [5.41, 5.74) is 0. The zero-order chi connectivity index (χ0) is 15.1. The van der Waals surface area contributed by atoms with E-state index in [4.69, 9.17) is 10.2 Å². The largest absolute Gasteiger partial charge is 0.478 e. The zero-order valence-electron chi connectivity index (χ0n) is 11.9. The number of rotatable bonds is 7. The number of carboxylic acid groups (broad SMARTS) is 2.